The van der Waals surface area contributed by atoms with Crippen molar-refractivity contribution in [1.82, 2.24) is 10.6 Å². The van der Waals surface area contributed by atoms with Gasteiger partial charge in [-0.25, -0.2) is 4.79 Å². The summed E-state index contributed by atoms with van der Waals surface area (Å²) in [5, 5.41) is 14.8. The highest BCUT2D eigenvalue weighted by Crippen LogP contribution is 2.44. The van der Waals surface area contributed by atoms with E-state index in [0.717, 1.165) is 22.3 Å². The van der Waals surface area contributed by atoms with Crippen LogP contribution in [0.15, 0.2) is 48.5 Å². The summed E-state index contributed by atoms with van der Waals surface area (Å²) in [5.74, 6) is -2.52. The monoisotopic (exact) mass is 480 g/mol. The van der Waals surface area contributed by atoms with Gasteiger partial charge in [-0.15, -0.1) is 0 Å². The maximum absolute atomic E-state index is 12.9. The van der Waals surface area contributed by atoms with Crippen LogP contribution in [0.25, 0.3) is 11.1 Å². The molecule has 3 atom stereocenters. The molecule has 0 saturated heterocycles. The number of alkyl carbamates (subject to hydrolysis) is 1. The standard InChI is InChI=1S/C28H36N2O5/c1-17(26(32)33)18(2)30-25(31)19(14-28(3,4)5)15-29-27(34)35-16-24-22-12-8-6-10-20(22)21-11-7-9-13-23(21)24/h6-13,17-19,24H,14-16H2,1-5H3,(H,29,34)(H,30,31)(H,32,33). The first-order chi connectivity index (χ1) is 16.5. The Labute approximate surface area is 207 Å². The Balaban J connectivity index is 1.61. The van der Waals surface area contributed by atoms with Crippen LogP contribution in [-0.4, -0.2) is 42.3 Å². The number of fused-ring (bicyclic) bond motifs is 3. The summed E-state index contributed by atoms with van der Waals surface area (Å²) >= 11 is 0. The van der Waals surface area contributed by atoms with Crippen molar-refractivity contribution in [2.24, 2.45) is 17.3 Å². The first-order valence-corrected chi connectivity index (χ1v) is 12.1. The molecule has 2 aromatic rings. The second-order valence-corrected chi connectivity index (χ2v) is 10.6. The van der Waals surface area contributed by atoms with Crippen molar-refractivity contribution in [3.8, 4) is 11.1 Å². The van der Waals surface area contributed by atoms with Gasteiger partial charge in [0.2, 0.25) is 5.91 Å². The molecule has 3 rings (SSSR count). The van der Waals surface area contributed by atoms with Crippen LogP contribution >= 0.6 is 0 Å². The minimum Gasteiger partial charge on any atom is -0.481 e. The SMILES string of the molecule is CC(NC(=O)C(CNC(=O)OCC1c2ccccc2-c2ccccc21)CC(C)(C)C)C(C)C(=O)O. The van der Waals surface area contributed by atoms with Crippen molar-refractivity contribution in [3.05, 3.63) is 59.7 Å². The van der Waals surface area contributed by atoms with Gasteiger partial charge in [-0.3, -0.25) is 9.59 Å². The fourth-order valence-electron chi connectivity index (χ4n) is 4.53. The van der Waals surface area contributed by atoms with Crippen molar-refractivity contribution in [1.29, 1.82) is 0 Å². The van der Waals surface area contributed by atoms with E-state index in [9.17, 15) is 19.5 Å². The quantitative estimate of drug-likeness (QED) is 0.478. The van der Waals surface area contributed by atoms with Crippen molar-refractivity contribution < 1.29 is 24.2 Å². The van der Waals surface area contributed by atoms with E-state index in [1.807, 2.05) is 45.0 Å². The fourth-order valence-corrected chi connectivity index (χ4v) is 4.53. The third kappa shape index (κ3) is 6.62. The van der Waals surface area contributed by atoms with E-state index in [0.29, 0.717) is 6.42 Å². The van der Waals surface area contributed by atoms with E-state index in [-0.39, 0.29) is 30.4 Å². The molecule has 0 heterocycles. The van der Waals surface area contributed by atoms with E-state index in [1.165, 1.54) is 0 Å². The van der Waals surface area contributed by atoms with Gasteiger partial charge in [-0.2, -0.15) is 0 Å². The van der Waals surface area contributed by atoms with Gasteiger partial charge in [0.1, 0.15) is 6.61 Å². The lowest BCUT2D eigenvalue weighted by molar-refractivity contribution is -0.142. The molecule has 7 heteroatoms. The van der Waals surface area contributed by atoms with Gasteiger partial charge in [-0.05, 0) is 47.9 Å². The highest BCUT2D eigenvalue weighted by atomic mass is 16.5. The van der Waals surface area contributed by atoms with Gasteiger partial charge in [0.05, 0.1) is 11.8 Å². The number of carboxylic acid groups (broad SMARTS) is 1. The van der Waals surface area contributed by atoms with Crippen molar-refractivity contribution in [3.63, 3.8) is 0 Å². The van der Waals surface area contributed by atoms with Crippen LogP contribution in [0.3, 0.4) is 0 Å². The third-order valence-corrected chi connectivity index (χ3v) is 6.58. The molecule has 2 amide bonds. The molecule has 2 aromatic carbocycles. The highest BCUT2D eigenvalue weighted by Gasteiger charge is 2.31. The predicted octanol–water partition coefficient (Wildman–Crippen LogP) is 4.80. The zero-order valence-electron chi connectivity index (χ0n) is 21.1. The zero-order valence-corrected chi connectivity index (χ0v) is 21.1. The molecular formula is C28H36N2O5. The summed E-state index contributed by atoms with van der Waals surface area (Å²) in [4.78, 5) is 36.8. The minimum absolute atomic E-state index is 0.0415. The lowest BCUT2D eigenvalue weighted by atomic mass is 9.84. The molecule has 3 unspecified atom stereocenters. The molecule has 7 nitrogen and oxygen atoms in total. The molecule has 0 aliphatic heterocycles. The molecule has 35 heavy (non-hydrogen) atoms. The number of carbonyl (C=O) groups excluding carboxylic acids is 2. The molecule has 0 bridgehead atoms. The van der Waals surface area contributed by atoms with Crippen molar-refractivity contribution in [2.75, 3.05) is 13.2 Å². The topological polar surface area (TPSA) is 105 Å². The van der Waals surface area contributed by atoms with E-state index in [1.54, 1.807) is 13.8 Å². The van der Waals surface area contributed by atoms with Gasteiger partial charge in [0, 0.05) is 18.5 Å². The number of hydrogen-bond acceptors (Lipinski definition) is 4. The fraction of sp³-hybridized carbons (Fsp3) is 0.464. The lowest BCUT2D eigenvalue weighted by Gasteiger charge is -2.27. The number of rotatable bonds is 9. The maximum Gasteiger partial charge on any atom is 0.407 e. The van der Waals surface area contributed by atoms with Crippen molar-refractivity contribution in [2.45, 2.75) is 53.0 Å². The first kappa shape index (κ1) is 26.3. The number of carbonyl (C=O) groups is 3. The number of benzene rings is 2. The molecule has 188 valence electrons. The van der Waals surface area contributed by atoms with E-state index < -0.39 is 29.9 Å². The molecule has 0 fully saturated rings. The smallest absolute Gasteiger partial charge is 0.407 e. The predicted molar refractivity (Wildman–Crippen MR) is 135 cm³/mol. The first-order valence-electron chi connectivity index (χ1n) is 12.1. The maximum atomic E-state index is 12.9. The lowest BCUT2D eigenvalue weighted by Crippen LogP contribution is -2.46. The number of carboxylic acids is 1. The summed E-state index contributed by atoms with van der Waals surface area (Å²) in [6.07, 6.45) is -0.0538. The summed E-state index contributed by atoms with van der Waals surface area (Å²) < 4.78 is 5.59. The molecule has 0 aromatic heterocycles. The van der Waals surface area contributed by atoms with Crippen LogP contribution in [0.5, 0.6) is 0 Å². The summed E-state index contributed by atoms with van der Waals surface area (Å²) in [6.45, 7) is 9.58. The summed E-state index contributed by atoms with van der Waals surface area (Å²) in [7, 11) is 0. The summed E-state index contributed by atoms with van der Waals surface area (Å²) in [6, 6.07) is 15.7. The van der Waals surface area contributed by atoms with E-state index in [2.05, 4.69) is 34.9 Å². The average molecular weight is 481 g/mol. The Bertz CT molecular complexity index is 1030. The summed E-state index contributed by atoms with van der Waals surface area (Å²) in [5.41, 5.74) is 4.42. The van der Waals surface area contributed by atoms with E-state index >= 15 is 0 Å². The number of ether oxygens (including phenoxy) is 1. The second-order valence-electron chi connectivity index (χ2n) is 10.6. The molecular weight excluding hydrogens is 444 g/mol. The van der Waals surface area contributed by atoms with Crippen LogP contribution in [-0.2, 0) is 14.3 Å². The Hall–Kier alpha value is -3.35. The van der Waals surface area contributed by atoms with Gasteiger partial charge in [0.25, 0.3) is 0 Å². The van der Waals surface area contributed by atoms with Crippen LogP contribution in [0.1, 0.15) is 58.1 Å². The Morgan fingerprint density at radius 2 is 1.51 bits per heavy atom. The van der Waals surface area contributed by atoms with Gasteiger partial charge in [0.15, 0.2) is 0 Å². The van der Waals surface area contributed by atoms with Crippen molar-refractivity contribution >= 4 is 18.0 Å². The van der Waals surface area contributed by atoms with Gasteiger partial charge < -0.3 is 20.5 Å². The van der Waals surface area contributed by atoms with Gasteiger partial charge >= 0.3 is 12.1 Å². The average Bonchev–Trinajstić information content (AvgIpc) is 3.12. The Morgan fingerprint density at radius 1 is 0.971 bits per heavy atom. The van der Waals surface area contributed by atoms with Crippen LogP contribution in [0, 0.1) is 17.3 Å². The third-order valence-electron chi connectivity index (χ3n) is 6.58. The normalized spacial score (nSPS) is 15.3. The highest BCUT2D eigenvalue weighted by molar-refractivity contribution is 5.81. The van der Waals surface area contributed by atoms with Crippen LogP contribution in [0.4, 0.5) is 4.79 Å². The second kappa shape index (κ2) is 10.9. The molecule has 0 saturated carbocycles. The molecule has 0 radical (unpaired) electrons. The number of hydrogen-bond donors (Lipinski definition) is 3. The Morgan fingerprint density at radius 3 is 2.03 bits per heavy atom. The molecule has 1 aliphatic carbocycles. The zero-order chi connectivity index (χ0) is 25.8. The molecule has 3 N–H and O–H groups in total. The van der Waals surface area contributed by atoms with Crippen LogP contribution < -0.4 is 10.6 Å². The van der Waals surface area contributed by atoms with Gasteiger partial charge in [-0.1, -0.05) is 69.3 Å². The minimum atomic E-state index is -0.970. The molecule has 1 aliphatic rings. The Kier molecular flexibility index (Phi) is 8.20. The molecule has 0 spiro atoms. The number of amides is 2. The largest absolute Gasteiger partial charge is 0.481 e. The van der Waals surface area contributed by atoms with Crippen LogP contribution in [0.2, 0.25) is 0 Å². The van der Waals surface area contributed by atoms with E-state index in [4.69, 9.17) is 4.74 Å². The number of nitrogens with one attached hydrogen (secondary N) is 2. The number of aliphatic carboxylic acids is 1.